The molecule has 0 aromatic rings. The van der Waals surface area contributed by atoms with Crippen LogP contribution in [0, 0.1) is 11.8 Å². The van der Waals surface area contributed by atoms with Gasteiger partial charge in [0.2, 0.25) is 0 Å². The van der Waals surface area contributed by atoms with Crippen molar-refractivity contribution in [1.82, 2.24) is 0 Å². The Kier molecular flexibility index (Phi) is 2.20. The van der Waals surface area contributed by atoms with E-state index in [0.29, 0.717) is 11.8 Å². The van der Waals surface area contributed by atoms with Crippen molar-refractivity contribution in [2.45, 2.75) is 20.8 Å². The van der Waals surface area contributed by atoms with Gasteiger partial charge in [0, 0.05) is 18.7 Å². The SMILES string of the molecule is CC1=NCC(C(C)C)C=N1. The zero-order chi connectivity index (χ0) is 7.56. The standard InChI is InChI=1S/C8H14N2/c1-6(2)8-4-9-7(3)10-5-8/h4,6,8H,5H2,1-3H3. The quantitative estimate of drug-likeness (QED) is 0.527. The molecule has 1 aliphatic rings. The Morgan fingerprint density at radius 2 is 2.30 bits per heavy atom. The number of nitrogens with zero attached hydrogens (tertiary/aromatic N) is 2. The average molecular weight is 138 g/mol. The van der Waals surface area contributed by atoms with Crippen LogP contribution in [0.3, 0.4) is 0 Å². The summed E-state index contributed by atoms with van der Waals surface area (Å²) >= 11 is 0. The first kappa shape index (κ1) is 7.45. The van der Waals surface area contributed by atoms with Crippen molar-refractivity contribution >= 4 is 12.1 Å². The van der Waals surface area contributed by atoms with Crippen LogP contribution in [-0.4, -0.2) is 18.6 Å². The van der Waals surface area contributed by atoms with Gasteiger partial charge < -0.3 is 0 Å². The summed E-state index contributed by atoms with van der Waals surface area (Å²) in [6, 6.07) is 0. The van der Waals surface area contributed by atoms with Crippen molar-refractivity contribution in [2.24, 2.45) is 21.8 Å². The minimum absolute atomic E-state index is 0.559. The first-order valence-corrected chi connectivity index (χ1v) is 3.75. The van der Waals surface area contributed by atoms with Crippen LogP contribution in [0.25, 0.3) is 0 Å². The van der Waals surface area contributed by atoms with Gasteiger partial charge in [0.05, 0.1) is 0 Å². The van der Waals surface area contributed by atoms with E-state index in [0.717, 1.165) is 12.4 Å². The summed E-state index contributed by atoms with van der Waals surface area (Å²) in [5.74, 6) is 2.14. The van der Waals surface area contributed by atoms with E-state index >= 15 is 0 Å². The van der Waals surface area contributed by atoms with E-state index in [1.807, 2.05) is 13.1 Å². The molecule has 0 N–H and O–H groups in total. The van der Waals surface area contributed by atoms with Crippen LogP contribution in [0.15, 0.2) is 9.98 Å². The lowest BCUT2D eigenvalue weighted by molar-refractivity contribution is 0.508. The van der Waals surface area contributed by atoms with Crippen LogP contribution in [0.4, 0.5) is 0 Å². The first-order chi connectivity index (χ1) is 4.70. The third-order valence-electron chi connectivity index (χ3n) is 1.84. The van der Waals surface area contributed by atoms with E-state index < -0.39 is 0 Å². The second kappa shape index (κ2) is 2.95. The molecule has 1 unspecified atom stereocenters. The molecule has 1 atom stereocenters. The van der Waals surface area contributed by atoms with Crippen molar-refractivity contribution in [2.75, 3.05) is 6.54 Å². The fourth-order valence-electron chi connectivity index (χ4n) is 0.912. The fraction of sp³-hybridized carbons (Fsp3) is 0.750. The number of amidine groups is 1. The summed E-state index contributed by atoms with van der Waals surface area (Å²) in [4.78, 5) is 8.41. The van der Waals surface area contributed by atoms with Gasteiger partial charge in [-0.15, -0.1) is 0 Å². The molecule has 0 amide bonds. The van der Waals surface area contributed by atoms with E-state index in [2.05, 4.69) is 23.8 Å². The summed E-state index contributed by atoms with van der Waals surface area (Å²) in [6.07, 6.45) is 2.02. The summed E-state index contributed by atoms with van der Waals surface area (Å²) in [5.41, 5.74) is 0. The summed E-state index contributed by atoms with van der Waals surface area (Å²) in [6.45, 7) is 7.26. The van der Waals surface area contributed by atoms with Crippen LogP contribution < -0.4 is 0 Å². The van der Waals surface area contributed by atoms with Gasteiger partial charge in [-0.1, -0.05) is 13.8 Å². The van der Waals surface area contributed by atoms with Crippen molar-refractivity contribution in [3.05, 3.63) is 0 Å². The van der Waals surface area contributed by atoms with Crippen LogP contribution in [0.1, 0.15) is 20.8 Å². The van der Waals surface area contributed by atoms with E-state index in [1.165, 1.54) is 0 Å². The van der Waals surface area contributed by atoms with E-state index in [1.54, 1.807) is 0 Å². The molecule has 1 heterocycles. The van der Waals surface area contributed by atoms with Gasteiger partial charge in [0.15, 0.2) is 0 Å². The Hall–Kier alpha value is -0.660. The highest BCUT2D eigenvalue weighted by atomic mass is 14.9. The molecule has 10 heavy (non-hydrogen) atoms. The van der Waals surface area contributed by atoms with Crippen LogP contribution in [0.2, 0.25) is 0 Å². The summed E-state index contributed by atoms with van der Waals surface area (Å²) < 4.78 is 0. The number of rotatable bonds is 1. The molecule has 0 saturated carbocycles. The zero-order valence-corrected chi connectivity index (χ0v) is 6.83. The maximum Gasteiger partial charge on any atom is 0.119 e. The largest absolute Gasteiger partial charge is 0.270 e. The summed E-state index contributed by atoms with van der Waals surface area (Å²) in [7, 11) is 0. The highest BCUT2D eigenvalue weighted by Gasteiger charge is 2.12. The van der Waals surface area contributed by atoms with Crippen molar-refractivity contribution in [1.29, 1.82) is 0 Å². The fourth-order valence-corrected chi connectivity index (χ4v) is 0.912. The van der Waals surface area contributed by atoms with Gasteiger partial charge >= 0.3 is 0 Å². The molecule has 0 spiro atoms. The maximum absolute atomic E-state index is 4.25. The third kappa shape index (κ3) is 1.66. The minimum atomic E-state index is 0.559. The normalized spacial score (nSPS) is 25.2. The van der Waals surface area contributed by atoms with E-state index in [4.69, 9.17) is 0 Å². The lowest BCUT2D eigenvalue weighted by Crippen LogP contribution is -2.18. The van der Waals surface area contributed by atoms with Gasteiger partial charge in [0.1, 0.15) is 5.84 Å². The molecule has 0 aromatic heterocycles. The lowest BCUT2D eigenvalue weighted by Gasteiger charge is -2.16. The van der Waals surface area contributed by atoms with Gasteiger partial charge in [-0.3, -0.25) is 4.99 Å². The molecular weight excluding hydrogens is 124 g/mol. The van der Waals surface area contributed by atoms with Gasteiger partial charge in [-0.05, 0) is 12.8 Å². The van der Waals surface area contributed by atoms with Crippen molar-refractivity contribution in [3.8, 4) is 0 Å². The number of hydrogen-bond donors (Lipinski definition) is 0. The molecule has 0 aliphatic carbocycles. The predicted octanol–water partition coefficient (Wildman–Crippen LogP) is 1.76. The Bertz CT molecular complexity index is 168. The van der Waals surface area contributed by atoms with Crippen LogP contribution >= 0.6 is 0 Å². The monoisotopic (exact) mass is 138 g/mol. The second-order valence-electron chi connectivity index (χ2n) is 3.07. The average Bonchev–Trinajstić information content (AvgIpc) is 1.88. The molecule has 0 aromatic carbocycles. The highest BCUT2D eigenvalue weighted by Crippen LogP contribution is 2.11. The smallest absolute Gasteiger partial charge is 0.119 e. The van der Waals surface area contributed by atoms with Crippen molar-refractivity contribution in [3.63, 3.8) is 0 Å². The molecular formula is C8H14N2. The maximum atomic E-state index is 4.25. The lowest BCUT2D eigenvalue weighted by atomic mass is 9.97. The van der Waals surface area contributed by atoms with Gasteiger partial charge in [0.25, 0.3) is 0 Å². The molecule has 0 fully saturated rings. The molecule has 1 aliphatic heterocycles. The first-order valence-electron chi connectivity index (χ1n) is 3.75. The molecule has 1 rings (SSSR count). The minimum Gasteiger partial charge on any atom is -0.270 e. The molecule has 56 valence electrons. The highest BCUT2D eigenvalue weighted by molar-refractivity contribution is 5.89. The topological polar surface area (TPSA) is 24.7 Å². The Morgan fingerprint density at radius 3 is 2.70 bits per heavy atom. The Labute approximate surface area is 62.1 Å². The molecule has 2 heteroatoms. The Balaban J connectivity index is 2.52. The van der Waals surface area contributed by atoms with Gasteiger partial charge in [-0.2, -0.15) is 0 Å². The van der Waals surface area contributed by atoms with Crippen LogP contribution in [0.5, 0.6) is 0 Å². The van der Waals surface area contributed by atoms with Crippen LogP contribution in [-0.2, 0) is 0 Å². The third-order valence-corrected chi connectivity index (χ3v) is 1.84. The summed E-state index contributed by atoms with van der Waals surface area (Å²) in [5, 5.41) is 0. The van der Waals surface area contributed by atoms with Crippen molar-refractivity contribution < 1.29 is 0 Å². The van der Waals surface area contributed by atoms with Gasteiger partial charge in [-0.25, -0.2) is 4.99 Å². The van der Waals surface area contributed by atoms with E-state index in [9.17, 15) is 0 Å². The molecule has 2 nitrogen and oxygen atoms in total. The number of hydrogen-bond acceptors (Lipinski definition) is 2. The molecule has 0 radical (unpaired) electrons. The zero-order valence-electron chi connectivity index (χ0n) is 6.83. The molecule has 0 bridgehead atoms. The predicted molar refractivity (Wildman–Crippen MR) is 44.8 cm³/mol. The number of aliphatic imine (C=N–C) groups is 2. The Morgan fingerprint density at radius 1 is 1.60 bits per heavy atom. The van der Waals surface area contributed by atoms with E-state index in [-0.39, 0.29) is 0 Å². The second-order valence-corrected chi connectivity index (χ2v) is 3.07. The molecule has 0 saturated heterocycles.